The van der Waals surface area contributed by atoms with Gasteiger partial charge in [-0.1, -0.05) is 11.3 Å². The Hall–Kier alpha value is -0.720. The number of hydrogen-bond acceptors (Lipinski definition) is 6. The Labute approximate surface area is 106 Å². The quantitative estimate of drug-likeness (QED) is 0.771. The Kier molecular flexibility index (Phi) is 4.70. The average molecular weight is 256 g/mol. The molecule has 96 valence electrons. The van der Waals surface area contributed by atoms with E-state index in [0.29, 0.717) is 6.04 Å². The van der Waals surface area contributed by atoms with E-state index in [1.165, 1.54) is 12.8 Å². The van der Waals surface area contributed by atoms with E-state index >= 15 is 0 Å². The number of nitrogens with one attached hydrogen (secondary N) is 1. The highest BCUT2D eigenvalue weighted by Crippen LogP contribution is 2.27. The first kappa shape index (κ1) is 12.7. The van der Waals surface area contributed by atoms with Crippen molar-refractivity contribution in [2.24, 2.45) is 0 Å². The van der Waals surface area contributed by atoms with Crippen molar-refractivity contribution in [2.75, 3.05) is 38.3 Å². The normalized spacial score (nSPS) is 20.1. The zero-order chi connectivity index (χ0) is 12.1. The van der Waals surface area contributed by atoms with Crippen LogP contribution in [0.4, 0.5) is 5.13 Å². The van der Waals surface area contributed by atoms with E-state index in [2.05, 4.69) is 20.4 Å². The third-order valence-corrected chi connectivity index (χ3v) is 3.88. The van der Waals surface area contributed by atoms with Crippen molar-refractivity contribution < 1.29 is 4.74 Å². The first-order valence-corrected chi connectivity index (χ1v) is 6.89. The molecule has 1 aliphatic rings. The van der Waals surface area contributed by atoms with Crippen molar-refractivity contribution in [1.29, 1.82) is 0 Å². The number of methoxy groups -OCH3 is 1. The molecule has 5 nitrogen and oxygen atoms in total. The van der Waals surface area contributed by atoms with Gasteiger partial charge in [0.25, 0.3) is 0 Å². The minimum atomic E-state index is 0.555. The monoisotopic (exact) mass is 256 g/mol. The largest absolute Gasteiger partial charge is 0.383 e. The van der Waals surface area contributed by atoms with Crippen LogP contribution in [0.1, 0.15) is 17.8 Å². The van der Waals surface area contributed by atoms with Crippen molar-refractivity contribution in [2.45, 2.75) is 25.8 Å². The molecule has 0 amide bonds. The van der Waals surface area contributed by atoms with Crippen LogP contribution in [0.25, 0.3) is 0 Å². The van der Waals surface area contributed by atoms with Crippen LogP contribution >= 0.6 is 11.3 Å². The molecule has 1 aromatic rings. The van der Waals surface area contributed by atoms with Crippen LogP contribution in [0.5, 0.6) is 0 Å². The SMILES string of the molecule is COCCNCC1CCCN1c1nnc(C)s1. The van der Waals surface area contributed by atoms with Crippen LogP contribution in [0.2, 0.25) is 0 Å². The smallest absolute Gasteiger partial charge is 0.208 e. The van der Waals surface area contributed by atoms with Gasteiger partial charge in [-0.05, 0) is 19.8 Å². The summed E-state index contributed by atoms with van der Waals surface area (Å²) in [5.41, 5.74) is 0. The van der Waals surface area contributed by atoms with Crippen molar-refractivity contribution in [3.63, 3.8) is 0 Å². The lowest BCUT2D eigenvalue weighted by molar-refractivity contribution is 0.199. The molecular weight excluding hydrogens is 236 g/mol. The van der Waals surface area contributed by atoms with Gasteiger partial charge in [-0.15, -0.1) is 10.2 Å². The van der Waals surface area contributed by atoms with E-state index in [1.54, 1.807) is 18.4 Å². The summed E-state index contributed by atoms with van der Waals surface area (Å²) in [6, 6.07) is 0.555. The van der Waals surface area contributed by atoms with Gasteiger partial charge < -0.3 is 15.0 Å². The summed E-state index contributed by atoms with van der Waals surface area (Å²) >= 11 is 1.68. The Bertz CT molecular complexity index is 344. The molecule has 0 bridgehead atoms. The fourth-order valence-corrected chi connectivity index (χ4v) is 2.93. The predicted octanol–water partition coefficient (Wildman–Crippen LogP) is 1.05. The maximum absolute atomic E-state index is 5.02. The third kappa shape index (κ3) is 3.37. The summed E-state index contributed by atoms with van der Waals surface area (Å²) in [6.07, 6.45) is 2.48. The molecule has 1 unspecified atom stereocenters. The van der Waals surface area contributed by atoms with Crippen molar-refractivity contribution in [3.8, 4) is 0 Å². The summed E-state index contributed by atoms with van der Waals surface area (Å²) in [5.74, 6) is 0. The zero-order valence-electron chi connectivity index (χ0n) is 10.5. The van der Waals surface area contributed by atoms with Gasteiger partial charge in [0.1, 0.15) is 5.01 Å². The molecule has 6 heteroatoms. The molecule has 0 saturated carbocycles. The van der Waals surface area contributed by atoms with Crippen LogP contribution in [0.15, 0.2) is 0 Å². The van der Waals surface area contributed by atoms with Crippen molar-refractivity contribution in [3.05, 3.63) is 5.01 Å². The summed E-state index contributed by atoms with van der Waals surface area (Å²) in [5, 5.41) is 13.9. The number of rotatable bonds is 6. The Morgan fingerprint density at radius 2 is 2.41 bits per heavy atom. The van der Waals surface area contributed by atoms with E-state index in [1.807, 2.05) is 6.92 Å². The standard InChI is InChI=1S/C11H20N4OS/c1-9-13-14-11(17-9)15-6-3-4-10(15)8-12-5-7-16-2/h10,12H,3-8H2,1-2H3. The van der Waals surface area contributed by atoms with Gasteiger partial charge in [0.05, 0.1) is 6.61 Å². The molecule has 1 N–H and O–H groups in total. The number of hydrogen-bond donors (Lipinski definition) is 1. The summed E-state index contributed by atoms with van der Waals surface area (Å²) in [4.78, 5) is 2.38. The topological polar surface area (TPSA) is 50.3 Å². The predicted molar refractivity (Wildman–Crippen MR) is 69.8 cm³/mol. The lowest BCUT2D eigenvalue weighted by Crippen LogP contribution is -2.38. The highest BCUT2D eigenvalue weighted by molar-refractivity contribution is 7.15. The Morgan fingerprint density at radius 3 is 3.12 bits per heavy atom. The molecule has 2 rings (SSSR count). The molecule has 0 aliphatic carbocycles. The van der Waals surface area contributed by atoms with Gasteiger partial charge in [0.15, 0.2) is 0 Å². The molecule has 17 heavy (non-hydrogen) atoms. The van der Waals surface area contributed by atoms with E-state index in [-0.39, 0.29) is 0 Å². The fourth-order valence-electron chi connectivity index (χ4n) is 2.14. The summed E-state index contributed by atoms with van der Waals surface area (Å²) in [7, 11) is 1.73. The van der Waals surface area contributed by atoms with Crippen LogP contribution in [-0.4, -0.2) is 49.6 Å². The summed E-state index contributed by atoms with van der Waals surface area (Å²) in [6.45, 7) is 5.79. The van der Waals surface area contributed by atoms with Crippen LogP contribution in [0, 0.1) is 6.92 Å². The molecule has 0 spiro atoms. The fraction of sp³-hybridized carbons (Fsp3) is 0.818. The van der Waals surface area contributed by atoms with Gasteiger partial charge in [-0.25, -0.2) is 0 Å². The Balaban J connectivity index is 1.84. The lowest BCUT2D eigenvalue weighted by atomic mass is 10.2. The lowest BCUT2D eigenvalue weighted by Gasteiger charge is -2.23. The number of nitrogens with zero attached hydrogens (tertiary/aromatic N) is 3. The molecule has 1 saturated heterocycles. The second-order valence-electron chi connectivity index (χ2n) is 4.29. The second kappa shape index (κ2) is 6.28. The number of anilines is 1. The molecule has 0 radical (unpaired) electrons. The summed E-state index contributed by atoms with van der Waals surface area (Å²) < 4.78 is 5.02. The van der Waals surface area contributed by atoms with Crippen LogP contribution in [-0.2, 0) is 4.74 Å². The van der Waals surface area contributed by atoms with E-state index in [9.17, 15) is 0 Å². The Morgan fingerprint density at radius 1 is 1.53 bits per heavy atom. The molecular formula is C11H20N4OS. The second-order valence-corrected chi connectivity index (χ2v) is 5.45. The molecule has 1 atom stereocenters. The third-order valence-electron chi connectivity index (χ3n) is 3.00. The molecule has 1 aromatic heterocycles. The highest BCUT2D eigenvalue weighted by Gasteiger charge is 2.26. The van der Waals surface area contributed by atoms with Crippen molar-refractivity contribution >= 4 is 16.5 Å². The molecule has 1 aliphatic heterocycles. The maximum Gasteiger partial charge on any atom is 0.208 e. The van der Waals surface area contributed by atoms with Crippen molar-refractivity contribution in [1.82, 2.24) is 15.5 Å². The van der Waals surface area contributed by atoms with E-state index in [4.69, 9.17) is 4.74 Å². The van der Waals surface area contributed by atoms with Gasteiger partial charge in [-0.2, -0.15) is 0 Å². The van der Waals surface area contributed by atoms with Gasteiger partial charge in [0.2, 0.25) is 5.13 Å². The number of aryl methyl sites for hydroxylation is 1. The number of ether oxygens (including phenoxy) is 1. The average Bonchev–Trinajstić information content (AvgIpc) is 2.93. The minimum absolute atomic E-state index is 0.555. The highest BCUT2D eigenvalue weighted by atomic mass is 32.1. The van der Waals surface area contributed by atoms with Gasteiger partial charge >= 0.3 is 0 Å². The first-order chi connectivity index (χ1) is 8.31. The molecule has 1 fully saturated rings. The van der Waals surface area contributed by atoms with E-state index < -0.39 is 0 Å². The maximum atomic E-state index is 5.02. The minimum Gasteiger partial charge on any atom is -0.383 e. The molecule has 2 heterocycles. The van der Waals surface area contributed by atoms with Gasteiger partial charge in [-0.3, -0.25) is 0 Å². The number of aromatic nitrogens is 2. The van der Waals surface area contributed by atoms with Gasteiger partial charge in [0, 0.05) is 32.8 Å². The zero-order valence-corrected chi connectivity index (χ0v) is 11.3. The van der Waals surface area contributed by atoms with Crippen LogP contribution < -0.4 is 10.2 Å². The molecule has 0 aromatic carbocycles. The van der Waals surface area contributed by atoms with Crippen LogP contribution in [0.3, 0.4) is 0 Å². The van der Waals surface area contributed by atoms with E-state index in [0.717, 1.165) is 36.4 Å². The first-order valence-electron chi connectivity index (χ1n) is 6.07.